The number of nitrogens with one attached hydrogen (secondary N) is 2. The van der Waals surface area contributed by atoms with Gasteiger partial charge >= 0.3 is 0 Å². The molecule has 2 N–H and O–H groups in total. The lowest BCUT2D eigenvalue weighted by atomic mass is 9.93. The summed E-state index contributed by atoms with van der Waals surface area (Å²) in [6.45, 7) is 7.16. The Balaban J connectivity index is 1.22. The zero-order chi connectivity index (χ0) is 29.8. The monoisotopic (exact) mass is 578 g/mol. The summed E-state index contributed by atoms with van der Waals surface area (Å²) < 4.78 is 6.20. The van der Waals surface area contributed by atoms with Gasteiger partial charge in [0.2, 0.25) is 5.95 Å². The van der Waals surface area contributed by atoms with E-state index in [4.69, 9.17) is 4.42 Å². The highest BCUT2D eigenvalue weighted by Crippen LogP contribution is 2.32. The second kappa shape index (κ2) is 12.9. The highest BCUT2D eigenvalue weighted by atomic mass is 16.4. The lowest BCUT2D eigenvalue weighted by Gasteiger charge is -2.27. The SMILES string of the molecule is CCC(=O)/C(=C/c1cnc(Nc2cncc(-c3ccc4c(=O)cc(N5CCNCC5)oc4c3)c2)nc1C)CC1CCCC1. The van der Waals surface area contributed by atoms with Crippen molar-refractivity contribution in [3.8, 4) is 11.1 Å². The van der Waals surface area contributed by atoms with Crippen LogP contribution in [0.4, 0.5) is 17.5 Å². The van der Waals surface area contributed by atoms with Crippen LogP contribution in [-0.2, 0) is 4.79 Å². The number of pyridine rings is 1. The van der Waals surface area contributed by atoms with Gasteiger partial charge in [0.1, 0.15) is 5.58 Å². The normalized spacial score (nSPS) is 16.1. The lowest BCUT2D eigenvalue weighted by Crippen LogP contribution is -2.43. The number of nitrogens with zero attached hydrogens (tertiary/aromatic N) is 4. The summed E-state index contributed by atoms with van der Waals surface area (Å²) in [6.07, 6.45) is 13.5. The van der Waals surface area contributed by atoms with Crippen LogP contribution in [0.15, 0.2) is 63.7 Å². The molecule has 1 saturated heterocycles. The quantitative estimate of drug-likeness (QED) is 0.229. The molecule has 1 aromatic carbocycles. The molecule has 4 heterocycles. The number of rotatable bonds is 9. The highest BCUT2D eigenvalue weighted by molar-refractivity contribution is 5.99. The first-order valence-electron chi connectivity index (χ1n) is 15.3. The number of carbonyl (C=O) groups is 1. The molecule has 9 heteroatoms. The Bertz CT molecular complexity index is 1720. The number of aromatic nitrogens is 3. The molecule has 3 aromatic heterocycles. The summed E-state index contributed by atoms with van der Waals surface area (Å²) in [4.78, 5) is 41.3. The maximum Gasteiger partial charge on any atom is 0.227 e. The fraction of sp³-hybridized carbons (Fsp3) is 0.382. The van der Waals surface area contributed by atoms with E-state index in [1.165, 1.54) is 25.7 Å². The maximum absolute atomic E-state index is 12.8. The van der Waals surface area contributed by atoms with Gasteiger partial charge in [0.05, 0.1) is 23.0 Å². The maximum atomic E-state index is 12.8. The highest BCUT2D eigenvalue weighted by Gasteiger charge is 2.20. The molecule has 1 aliphatic carbocycles. The minimum absolute atomic E-state index is 0.0506. The van der Waals surface area contributed by atoms with Gasteiger partial charge in [-0.25, -0.2) is 9.97 Å². The Hall–Kier alpha value is -4.37. The van der Waals surface area contributed by atoms with Crippen molar-refractivity contribution in [1.82, 2.24) is 20.3 Å². The van der Waals surface area contributed by atoms with Crippen molar-refractivity contribution in [3.63, 3.8) is 0 Å². The van der Waals surface area contributed by atoms with E-state index in [9.17, 15) is 9.59 Å². The van der Waals surface area contributed by atoms with Crippen molar-refractivity contribution < 1.29 is 9.21 Å². The zero-order valence-corrected chi connectivity index (χ0v) is 24.9. The molecule has 0 atom stereocenters. The molecular formula is C34H38N6O3. The number of anilines is 3. The molecule has 0 amide bonds. The molecule has 43 heavy (non-hydrogen) atoms. The van der Waals surface area contributed by atoms with Crippen molar-refractivity contribution in [2.24, 2.45) is 5.92 Å². The van der Waals surface area contributed by atoms with Crippen molar-refractivity contribution in [2.45, 2.75) is 52.4 Å². The first-order valence-corrected chi connectivity index (χ1v) is 15.3. The zero-order valence-electron chi connectivity index (χ0n) is 24.9. The van der Waals surface area contributed by atoms with Crippen LogP contribution in [0.1, 0.15) is 56.7 Å². The summed E-state index contributed by atoms with van der Waals surface area (Å²) in [5.41, 5.74) is 5.54. The third-order valence-corrected chi connectivity index (χ3v) is 8.48. The average Bonchev–Trinajstić information content (AvgIpc) is 3.55. The predicted molar refractivity (Wildman–Crippen MR) is 171 cm³/mol. The van der Waals surface area contributed by atoms with E-state index in [-0.39, 0.29) is 11.2 Å². The summed E-state index contributed by atoms with van der Waals surface area (Å²) in [7, 11) is 0. The average molecular weight is 579 g/mol. The number of Topliss-reactive ketones (excluding diaryl/α,β-unsaturated/α-hetero) is 1. The van der Waals surface area contributed by atoms with E-state index in [0.29, 0.717) is 35.1 Å². The summed E-state index contributed by atoms with van der Waals surface area (Å²) >= 11 is 0. The number of piperazine rings is 1. The molecule has 2 fully saturated rings. The topological polar surface area (TPSA) is 113 Å². The molecule has 1 saturated carbocycles. The Labute approximate surface area is 251 Å². The third-order valence-electron chi connectivity index (χ3n) is 8.48. The van der Waals surface area contributed by atoms with Gasteiger partial charge in [-0.15, -0.1) is 0 Å². The fourth-order valence-corrected chi connectivity index (χ4v) is 6.03. The van der Waals surface area contributed by atoms with Gasteiger partial charge in [0.25, 0.3) is 0 Å². The van der Waals surface area contributed by atoms with E-state index < -0.39 is 0 Å². The Morgan fingerprint density at radius 1 is 1.09 bits per heavy atom. The summed E-state index contributed by atoms with van der Waals surface area (Å²) in [5, 5.41) is 7.14. The smallest absolute Gasteiger partial charge is 0.227 e. The number of allylic oxidation sites excluding steroid dienone is 1. The predicted octanol–water partition coefficient (Wildman–Crippen LogP) is 6.05. The van der Waals surface area contributed by atoms with Crippen molar-refractivity contribution in [1.29, 1.82) is 0 Å². The second-order valence-electron chi connectivity index (χ2n) is 11.5. The molecule has 1 aliphatic heterocycles. The largest absolute Gasteiger partial charge is 0.440 e. The minimum Gasteiger partial charge on any atom is -0.440 e. The summed E-state index contributed by atoms with van der Waals surface area (Å²) in [6, 6.07) is 9.17. The van der Waals surface area contributed by atoms with E-state index in [2.05, 4.69) is 30.5 Å². The molecule has 9 nitrogen and oxygen atoms in total. The summed E-state index contributed by atoms with van der Waals surface area (Å²) in [5.74, 6) is 1.85. The van der Waals surface area contributed by atoms with Crippen molar-refractivity contribution in [2.75, 3.05) is 36.4 Å². The van der Waals surface area contributed by atoms with Crippen LogP contribution in [-0.4, -0.2) is 46.9 Å². The van der Waals surface area contributed by atoms with E-state index in [1.54, 1.807) is 30.7 Å². The van der Waals surface area contributed by atoms with Crippen LogP contribution >= 0.6 is 0 Å². The number of fused-ring (bicyclic) bond motifs is 1. The van der Waals surface area contributed by atoms with Gasteiger partial charge in [-0.1, -0.05) is 38.7 Å². The fourth-order valence-electron chi connectivity index (χ4n) is 6.03. The first kappa shape index (κ1) is 28.7. The molecule has 0 bridgehead atoms. The number of aryl methyl sites for hydroxylation is 1. The van der Waals surface area contributed by atoms with Gasteiger partial charge < -0.3 is 20.0 Å². The second-order valence-corrected chi connectivity index (χ2v) is 11.5. The Kier molecular flexibility index (Phi) is 8.60. The van der Waals surface area contributed by atoms with Crippen molar-refractivity contribution in [3.05, 3.63) is 76.0 Å². The van der Waals surface area contributed by atoms with Crippen molar-refractivity contribution >= 4 is 40.3 Å². The standard InChI is InChI=1S/C34H38N6O3/c1-3-30(41)25(14-23-6-4-5-7-23)15-26-20-37-34(38-22(26)2)39-28-16-27(19-36-21-28)24-8-9-29-31(42)18-33(43-32(29)17-24)40-12-10-35-11-13-40/h8-9,15-21,23,35H,3-7,10-14H2,1-2H3,(H,37,38,39)/b25-15+. The molecule has 222 valence electrons. The molecule has 2 aliphatic rings. The Morgan fingerprint density at radius 3 is 2.67 bits per heavy atom. The van der Waals surface area contributed by atoms with Crippen LogP contribution < -0.4 is 21.0 Å². The van der Waals surface area contributed by atoms with Gasteiger partial charge in [-0.2, -0.15) is 0 Å². The number of carbonyl (C=O) groups excluding carboxylic acids is 1. The number of hydrogen-bond donors (Lipinski definition) is 2. The van der Waals surface area contributed by atoms with Crippen LogP contribution in [0.2, 0.25) is 0 Å². The Morgan fingerprint density at radius 2 is 1.91 bits per heavy atom. The minimum atomic E-state index is -0.0506. The molecule has 0 spiro atoms. The van der Waals surface area contributed by atoms with Gasteiger partial charge in [-0.3, -0.25) is 14.6 Å². The lowest BCUT2D eigenvalue weighted by molar-refractivity contribution is -0.115. The van der Waals surface area contributed by atoms with Gasteiger partial charge in [-0.05, 0) is 54.7 Å². The first-order chi connectivity index (χ1) is 21.0. The number of ketones is 1. The molecule has 0 unspecified atom stereocenters. The molecule has 0 radical (unpaired) electrons. The van der Waals surface area contributed by atoms with E-state index in [1.807, 2.05) is 38.1 Å². The number of hydrogen-bond acceptors (Lipinski definition) is 9. The molecular weight excluding hydrogens is 540 g/mol. The van der Waals surface area contributed by atoms with E-state index >= 15 is 0 Å². The van der Waals surface area contributed by atoms with Crippen LogP contribution in [0, 0.1) is 12.8 Å². The van der Waals surface area contributed by atoms with Crippen LogP contribution in [0.5, 0.6) is 0 Å². The van der Waals surface area contributed by atoms with Gasteiger partial charge in [0, 0.05) is 62.2 Å². The third kappa shape index (κ3) is 6.67. The van der Waals surface area contributed by atoms with Gasteiger partial charge in [0.15, 0.2) is 17.1 Å². The van der Waals surface area contributed by atoms with Crippen LogP contribution in [0.3, 0.4) is 0 Å². The molecule has 6 rings (SSSR count). The number of benzene rings is 1. The van der Waals surface area contributed by atoms with Crippen LogP contribution in [0.25, 0.3) is 28.2 Å². The van der Waals surface area contributed by atoms with E-state index in [0.717, 1.165) is 66.2 Å². The molecule has 4 aromatic rings.